The van der Waals surface area contributed by atoms with Crippen molar-refractivity contribution >= 4 is 56.6 Å². The molecule has 1 aromatic carbocycles. The lowest BCUT2D eigenvalue weighted by atomic mass is 10.1. The molecule has 0 fully saturated rings. The van der Waals surface area contributed by atoms with E-state index in [0.29, 0.717) is 15.2 Å². The maximum Gasteiger partial charge on any atom is 0.274 e. The Labute approximate surface area is 183 Å². The molecule has 2 heterocycles. The highest BCUT2D eigenvalue weighted by molar-refractivity contribution is 9.10. The van der Waals surface area contributed by atoms with Crippen LogP contribution in [0.25, 0.3) is 5.82 Å². The monoisotopic (exact) mass is 498 g/mol. The second-order valence-corrected chi connectivity index (χ2v) is 7.39. The van der Waals surface area contributed by atoms with Crippen molar-refractivity contribution in [3.05, 3.63) is 68.0 Å². The predicted molar refractivity (Wildman–Crippen MR) is 111 cm³/mol. The number of amides is 2. The van der Waals surface area contributed by atoms with Gasteiger partial charge in [0.2, 0.25) is 0 Å². The molecular formula is C17H13BrCl2N6O3. The summed E-state index contributed by atoms with van der Waals surface area (Å²) >= 11 is 15.4. The second kappa shape index (κ2) is 8.89. The number of halogens is 3. The second-order valence-electron chi connectivity index (χ2n) is 5.74. The van der Waals surface area contributed by atoms with Gasteiger partial charge in [0.05, 0.1) is 16.3 Å². The summed E-state index contributed by atoms with van der Waals surface area (Å²) < 4.78 is 1.67. The van der Waals surface area contributed by atoms with Crippen LogP contribution in [-0.2, 0) is 0 Å². The first kappa shape index (κ1) is 21.2. The number of nitrogens with zero attached hydrogens (tertiary/aromatic N) is 3. The van der Waals surface area contributed by atoms with Crippen LogP contribution in [0.1, 0.15) is 26.4 Å². The van der Waals surface area contributed by atoms with Gasteiger partial charge in [-0.05, 0) is 52.7 Å². The molecule has 9 nitrogen and oxygen atoms in total. The number of carbonyl (C=O) groups excluding carboxylic acids is 2. The number of hydrogen-bond donors (Lipinski definition) is 4. The number of aromatic nitrogens is 3. The van der Waals surface area contributed by atoms with Crippen LogP contribution in [-0.4, -0.2) is 31.8 Å². The molecule has 0 aliphatic heterocycles. The summed E-state index contributed by atoms with van der Waals surface area (Å²) in [5, 5.41) is 16.2. The van der Waals surface area contributed by atoms with Crippen LogP contribution in [0.15, 0.2) is 41.1 Å². The van der Waals surface area contributed by atoms with Crippen molar-refractivity contribution in [2.24, 2.45) is 0 Å². The molecule has 0 bridgehead atoms. The molecular weight excluding hydrogens is 487 g/mol. The molecule has 0 unspecified atom stereocenters. The number of pyridine rings is 1. The summed E-state index contributed by atoms with van der Waals surface area (Å²) in [4.78, 5) is 29.4. The maximum absolute atomic E-state index is 13.0. The predicted octanol–water partition coefficient (Wildman–Crippen LogP) is 3.52. The van der Waals surface area contributed by atoms with E-state index in [2.05, 4.69) is 31.3 Å². The summed E-state index contributed by atoms with van der Waals surface area (Å²) in [6.45, 7) is 1.67. The van der Waals surface area contributed by atoms with E-state index in [4.69, 9.17) is 28.4 Å². The highest BCUT2D eigenvalue weighted by atomic mass is 79.9. The molecule has 0 aliphatic rings. The van der Waals surface area contributed by atoms with Crippen molar-refractivity contribution in [1.29, 1.82) is 0 Å². The van der Waals surface area contributed by atoms with Crippen molar-refractivity contribution < 1.29 is 14.8 Å². The number of rotatable bonds is 5. The van der Waals surface area contributed by atoms with Crippen molar-refractivity contribution in [2.75, 3.05) is 5.32 Å². The van der Waals surface area contributed by atoms with Gasteiger partial charge in [-0.2, -0.15) is 5.10 Å². The fourth-order valence-corrected chi connectivity index (χ4v) is 3.44. The van der Waals surface area contributed by atoms with Crippen LogP contribution in [0.5, 0.6) is 0 Å². The molecule has 0 atom stereocenters. The molecule has 3 rings (SSSR count). The number of aryl methyl sites for hydroxylation is 1. The molecule has 2 amide bonds. The molecule has 0 saturated carbocycles. The smallest absolute Gasteiger partial charge is 0.274 e. The van der Waals surface area contributed by atoms with Gasteiger partial charge >= 0.3 is 0 Å². The average molecular weight is 500 g/mol. The third-order valence-corrected chi connectivity index (χ3v) is 4.71. The van der Waals surface area contributed by atoms with E-state index < -0.39 is 11.8 Å². The van der Waals surface area contributed by atoms with Crippen LogP contribution >= 0.6 is 39.1 Å². The van der Waals surface area contributed by atoms with Crippen molar-refractivity contribution in [3.63, 3.8) is 0 Å². The molecule has 0 saturated heterocycles. The van der Waals surface area contributed by atoms with Gasteiger partial charge in [0.15, 0.2) is 5.82 Å². The molecule has 29 heavy (non-hydrogen) atoms. The highest BCUT2D eigenvalue weighted by Crippen LogP contribution is 2.27. The third kappa shape index (κ3) is 4.57. The fourth-order valence-electron chi connectivity index (χ4n) is 2.59. The molecule has 0 radical (unpaired) electrons. The van der Waals surface area contributed by atoms with Crippen LogP contribution in [0.4, 0.5) is 5.69 Å². The molecule has 4 N–H and O–H groups in total. The van der Waals surface area contributed by atoms with Crippen LogP contribution in [0.2, 0.25) is 10.0 Å². The normalized spacial score (nSPS) is 10.7. The number of nitrogens with one attached hydrogen (secondary N) is 3. The van der Waals surface area contributed by atoms with Crippen molar-refractivity contribution in [2.45, 2.75) is 6.92 Å². The van der Waals surface area contributed by atoms with Crippen LogP contribution < -0.4 is 16.3 Å². The topological polar surface area (TPSA) is 121 Å². The van der Waals surface area contributed by atoms with E-state index in [0.717, 1.165) is 0 Å². The van der Waals surface area contributed by atoms with E-state index in [1.54, 1.807) is 30.7 Å². The molecule has 0 spiro atoms. The lowest BCUT2D eigenvalue weighted by molar-refractivity contribution is 0.0732. The number of hydrogen-bond acceptors (Lipinski definition) is 6. The quantitative estimate of drug-likeness (QED) is 0.398. The minimum Gasteiger partial charge on any atom is -0.320 e. The van der Waals surface area contributed by atoms with Gasteiger partial charge in [-0.1, -0.05) is 23.2 Å². The Kier molecular flexibility index (Phi) is 6.50. The van der Waals surface area contributed by atoms with Gasteiger partial charge in [0.1, 0.15) is 10.3 Å². The zero-order valence-corrected chi connectivity index (χ0v) is 17.8. The summed E-state index contributed by atoms with van der Waals surface area (Å²) in [6, 6.07) is 7.71. The number of anilines is 1. The summed E-state index contributed by atoms with van der Waals surface area (Å²) in [7, 11) is 0. The van der Waals surface area contributed by atoms with E-state index >= 15 is 0 Å². The summed E-state index contributed by atoms with van der Waals surface area (Å²) in [5.41, 5.74) is 4.50. The van der Waals surface area contributed by atoms with E-state index in [9.17, 15) is 9.59 Å². The Balaban J connectivity index is 2.03. The van der Waals surface area contributed by atoms with Crippen LogP contribution in [0, 0.1) is 6.92 Å². The largest absolute Gasteiger partial charge is 0.320 e. The molecule has 0 aliphatic carbocycles. The van der Waals surface area contributed by atoms with E-state index in [1.807, 2.05) is 5.43 Å². The van der Waals surface area contributed by atoms with Gasteiger partial charge in [0, 0.05) is 17.3 Å². The standard InChI is InChI=1S/C17H13BrCl2N6O3/c1-8-5-9(19)6-10(16(27)23-25-29)14(8)22-17(28)12-7-13(18)24-26(12)15-11(20)3-2-4-21-15/h2-7,25,29H,1H3,(H,22,28)(H,23,27). The Bertz CT molecular complexity index is 1100. The summed E-state index contributed by atoms with van der Waals surface area (Å²) in [6.07, 6.45) is 1.52. The van der Waals surface area contributed by atoms with Crippen molar-refractivity contribution in [1.82, 2.24) is 25.8 Å². The molecule has 3 aromatic rings. The molecule has 150 valence electrons. The van der Waals surface area contributed by atoms with E-state index in [1.165, 1.54) is 23.0 Å². The zero-order valence-electron chi connectivity index (χ0n) is 14.7. The maximum atomic E-state index is 13.0. The van der Waals surface area contributed by atoms with Crippen molar-refractivity contribution in [3.8, 4) is 5.82 Å². The minimum atomic E-state index is -0.698. The lowest BCUT2D eigenvalue weighted by Gasteiger charge is -2.15. The third-order valence-electron chi connectivity index (χ3n) is 3.80. The first-order valence-electron chi connectivity index (χ1n) is 7.99. The Hall–Kier alpha value is -2.50. The number of benzene rings is 1. The minimum absolute atomic E-state index is 0.0471. The molecule has 2 aromatic heterocycles. The van der Waals surface area contributed by atoms with Gasteiger partial charge in [-0.25, -0.2) is 9.67 Å². The first-order chi connectivity index (χ1) is 13.8. The lowest BCUT2D eigenvalue weighted by Crippen LogP contribution is -2.35. The summed E-state index contributed by atoms with van der Waals surface area (Å²) in [5.74, 6) is -1.00. The van der Waals surface area contributed by atoms with Gasteiger partial charge in [-0.3, -0.25) is 20.2 Å². The van der Waals surface area contributed by atoms with Gasteiger partial charge in [-0.15, -0.1) is 5.59 Å². The fraction of sp³-hybridized carbons (Fsp3) is 0.0588. The zero-order chi connectivity index (χ0) is 21.1. The Morgan fingerprint density at radius 2 is 1.97 bits per heavy atom. The van der Waals surface area contributed by atoms with Gasteiger partial charge in [0.25, 0.3) is 11.8 Å². The molecule has 12 heteroatoms. The Morgan fingerprint density at radius 1 is 1.21 bits per heavy atom. The number of hydrazine groups is 1. The number of carbonyl (C=O) groups is 2. The van der Waals surface area contributed by atoms with E-state index in [-0.39, 0.29) is 27.8 Å². The van der Waals surface area contributed by atoms with Gasteiger partial charge < -0.3 is 5.32 Å². The highest BCUT2D eigenvalue weighted by Gasteiger charge is 2.22. The van der Waals surface area contributed by atoms with Crippen LogP contribution in [0.3, 0.4) is 0 Å². The SMILES string of the molecule is Cc1cc(Cl)cc(C(=O)NNO)c1NC(=O)c1cc(Br)nn1-c1ncccc1Cl. The average Bonchev–Trinajstić information content (AvgIpc) is 3.05. The Morgan fingerprint density at radius 3 is 2.66 bits per heavy atom. The first-order valence-corrected chi connectivity index (χ1v) is 9.54.